The molecule has 0 radical (unpaired) electrons. The van der Waals surface area contributed by atoms with Gasteiger partial charge in [0.15, 0.2) is 0 Å². The molecule has 0 N–H and O–H groups in total. The summed E-state index contributed by atoms with van der Waals surface area (Å²) >= 11 is 0. The van der Waals surface area contributed by atoms with Gasteiger partial charge < -0.3 is 4.74 Å². The molecule has 0 spiro atoms. The van der Waals surface area contributed by atoms with Crippen molar-refractivity contribution in [2.75, 3.05) is 6.61 Å². The minimum absolute atomic E-state index is 0.182. The van der Waals surface area contributed by atoms with Gasteiger partial charge in [-0.3, -0.25) is 0 Å². The number of halogens is 1. The number of benzene rings is 2. The molecule has 0 aliphatic heterocycles. The van der Waals surface area contributed by atoms with Crippen molar-refractivity contribution < 1.29 is 13.9 Å². The third-order valence-corrected chi connectivity index (χ3v) is 6.42. The summed E-state index contributed by atoms with van der Waals surface area (Å²) in [7, 11) is 0. The summed E-state index contributed by atoms with van der Waals surface area (Å²) in [6, 6.07) is 12.7. The van der Waals surface area contributed by atoms with Crippen molar-refractivity contribution >= 4 is 5.97 Å². The van der Waals surface area contributed by atoms with Crippen LogP contribution < -0.4 is 0 Å². The van der Waals surface area contributed by atoms with Crippen molar-refractivity contribution in [1.82, 2.24) is 0 Å². The van der Waals surface area contributed by atoms with Crippen molar-refractivity contribution in [3.8, 4) is 11.1 Å². The predicted octanol–water partition coefficient (Wildman–Crippen LogP) is 7.91. The van der Waals surface area contributed by atoms with Gasteiger partial charge in [0.1, 0.15) is 5.82 Å². The molecular formula is C27H35FO2. The average Bonchev–Trinajstić information content (AvgIpc) is 2.77. The van der Waals surface area contributed by atoms with Gasteiger partial charge in [0.2, 0.25) is 0 Å². The van der Waals surface area contributed by atoms with E-state index in [1.54, 1.807) is 30.3 Å². The molecule has 30 heavy (non-hydrogen) atoms. The van der Waals surface area contributed by atoms with E-state index in [0.29, 0.717) is 23.7 Å². The first-order valence-corrected chi connectivity index (χ1v) is 11.7. The first kappa shape index (κ1) is 22.5. The van der Waals surface area contributed by atoms with Crippen LogP contribution in [0.25, 0.3) is 11.1 Å². The molecule has 162 valence electrons. The number of rotatable bonds is 9. The Kier molecular flexibility index (Phi) is 8.48. The van der Waals surface area contributed by atoms with Crippen LogP contribution in [0.4, 0.5) is 4.39 Å². The highest BCUT2D eigenvalue weighted by molar-refractivity contribution is 5.90. The normalized spacial score (nSPS) is 18.9. The number of unbranched alkanes of at least 4 members (excludes halogenated alkanes) is 2. The zero-order valence-electron chi connectivity index (χ0n) is 18.5. The van der Waals surface area contributed by atoms with Gasteiger partial charge in [-0.2, -0.15) is 0 Å². The van der Waals surface area contributed by atoms with Gasteiger partial charge in [0.05, 0.1) is 12.2 Å². The summed E-state index contributed by atoms with van der Waals surface area (Å²) in [6.45, 7) is 4.82. The molecular weight excluding hydrogens is 375 g/mol. The number of hydrogen-bond acceptors (Lipinski definition) is 2. The summed E-state index contributed by atoms with van der Waals surface area (Å²) in [5.41, 5.74) is 3.00. The van der Waals surface area contributed by atoms with Crippen molar-refractivity contribution in [1.29, 1.82) is 0 Å². The zero-order chi connectivity index (χ0) is 21.3. The summed E-state index contributed by atoms with van der Waals surface area (Å²) < 4.78 is 20.2. The smallest absolute Gasteiger partial charge is 0.338 e. The lowest BCUT2D eigenvalue weighted by Gasteiger charge is -2.28. The van der Waals surface area contributed by atoms with Gasteiger partial charge >= 0.3 is 5.97 Å². The number of esters is 1. The second-order valence-electron chi connectivity index (χ2n) is 8.67. The van der Waals surface area contributed by atoms with E-state index >= 15 is 0 Å². The van der Waals surface area contributed by atoms with Crippen LogP contribution in [0.15, 0.2) is 42.5 Å². The number of hydrogen-bond donors (Lipinski definition) is 0. The molecule has 0 heterocycles. The SMILES string of the molecule is CCCCCOC(=O)c1ccc(-c2ccc(C3CCC(CCC)CC3)cc2F)cc1. The molecule has 0 aromatic heterocycles. The van der Waals surface area contributed by atoms with Crippen LogP contribution in [0.5, 0.6) is 0 Å². The van der Waals surface area contributed by atoms with E-state index in [-0.39, 0.29) is 11.8 Å². The molecule has 2 nitrogen and oxygen atoms in total. The van der Waals surface area contributed by atoms with Gasteiger partial charge in [-0.1, -0.05) is 63.8 Å². The lowest BCUT2D eigenvalue weighted by Crippen LogP contribution is -2.13. The van der Waals surface area contributed by atoms with E-state index in [2.05, 4.69) is 19.9 Å². The van der Waals surface area contributed by atoms with Gasteiger partial charge in [-0.05, 0) is 73.3 Å². The molecule has 1 fully saturated rings. The molecule has 0 unspecified atom stereocenters. The molecule has 1 aliphatic carbocycles. The van der Waals surface area contributed by atoms with Crippen LogP contribution in [-0.4, -0.2) is 12.6 Å². The second-order valence-corrected chi connectivity index (χ2v) is 8.67. The molecule has 2 aromatic carbocycles. The Labute approximate surface area is 180 Å². The molecule has 1 aliphatic rings. The Morgan fingerprint density at radius 1 is 0.967 bits per heavy atom. The first-order valence-electron chi connectivity index (χ1n) is 11.7. The highest BCUT2D eigenvalue weighted by atomic mass is 19.1. The fourth-order valence-corrected chi connectivity index (χ4v) is 4.60. The Morgan fingerprint density at radius 3 is 2.33 bits per heavy atom. The second kappa shape index (κ2) is 11.3. The van der Waals surface area contributed by atoms with Crippen molar-refractivity contribution in [2.45, 2.75) is 77.6 Å². The quantitative estimate of drug-likeness (QED) is 0.310. The van der Waals surface area contributed by atoms with E-state index in [4.69, 9.17) is 4.74 Å². The minimum atomic E-state index is -0.313. The number of carbonyl (C=O) groups excluding carboxylic acids is 1. The first-order chi connectivity index (χ1) is 14.6. The highest BCUT2D eigenvalue weighted by Crippen LogP contribution is 2.38. The minimum Gasteiger partial charge on any atom is -0.462 e. The number of carbonyl (C=O) groups is 1. The maximum atomic E-state index is 14.9. The maximum absolute atomic E-state index is 14.9. The van der Waals surface area contributed by atoms with Crippen LogP contribution in [-0.2, 0) is 4.74 Å². The zero-order valence-corrected chi connectivity index (χ0v) is 18.5. The van der Waals surface area contributed by atoms with Crippen LogP contribution in [0.1, 0.15) is 93.5 Å². The maximum Gasteiger partial charge on any atom is 0.338 e. The Morgan fingerprint density at radius 2 is 1.70 bits per heavy atom. The summed E-state index contributed by atoms with van der Waals surface area (Å²) in [4.78, 5) is 12.1. The van der Waals surface area contributed by atoms with E-state index in [1.807, 2.05) is 6.07 Å². The molecule has 3 heteroatoms. The Balaban J connectivity index is 1.62. The lowest BCUT2D eigenvalue weighted by atomic mass is 9.77. The van der Waals surface area contributed by atoms with E-state index in [1.165, 1.54) is 38.5 Å². The van der Waals surface area contributed by atoms with Crippen LogP contribution in [0, 0.1) is 11.7 Å². The predicted molar refractivity (Wildman–Crippen MR) is 121 cm³/mol. The topological polar surface area (TPSA) is 26.3 Å². The third-order valence-electron chi connectivity index (χ3n) is 6.42. The van der Waals surface area contributed by atoms with E-state index in [0.717, 1.165) is 36.3 Å². The van der Waals surface area contributed by atoms with Crippen LogP contribution >= 0.6 is 0 Å². The molecule has 0 saturated heterocycles. The van der Waals surface area contributed by atoms with Gasteiger partial charge in [0.25, 0.3) is 0 Å². The van der Waals surface area contributed by atoms with Gasteiger partial charge in [0, 0.05) is 5.56 Å². The standard InChI is InChI=1S/C27H35FO2/c1-3-5-6-18-30-27(29)23-14-12-22(13-15-23)25-17-16-24(19-26(25)28)21-10-8-20(7-4-2)9-11-21/h12-17,19-21H,3-11,18H2,1-2H3. The molecule has 0 atom stereocenters. The average molecular weight is 411 g/mol. The van der Waals surface area contributed by atoms with Gasteiger partial charge in [-0.15, -0.1) is 0 Å². The van der Waals surface area contributed by atoms with E-state index in [9.17, 15) is 9.18 Å². The molecule has 2 aromatic rings. The Bertz CT molecular complexity index is 804. The summed E-state index contributed by atoms with van der Waals surface area (Å²) in [5.74, 6) is 0.837. The van der Waals surface area contributed by atoms with Crippen molar-refractivity contribution in [2.24, 2.45) is 5.92 Å². The summed E-state index contributed by atoms with van der Waals surface area (Å²) in [6.07, 6.45) is 10.5. The monoisotopic (exact) mass is 410 g/mol. The van der Waals surface area contributed by atoms with Gasteiger partial charge in [-0.25, -0.2) is 9.18 Å². The molecule has 0 amide bonds. The van der Waals surface area contributed by atoms with Crippen molar-refractivity contribution in [3.63, 3.8) is 0 Å². The molecule has 1 saturated carbocycles. The van der Waals surface area contributed by atoms with Crippen LogP contribution in [0.3, 0.4) is 0 Å². The molecule has 0 bridgehead atoms. The fraction of sp³-hybridized carbons (Fsp3) is 0.519. The lowest BCUT2D eigenvalue weighted by molar-refractivity contribution is 0.0498. The van der Waals surface area contributed by atoms with Crippen LogP contribution in [0.2, 0.25) is 0 Å². The third kappa shape index (κ3) is 5.93. The van der Waals surface area contributed by atoms with E-state index < -0.39 is 0 Å². The summed E-state index contributed by atoms with van der Waals surface area (Å²) in [5, 5.41) is 0. The molecule has 3 rings (SSSR count). The fourth-order valence-electron chi connectivity index (χ4n) is 4.60. The van der Waals surface area contributed by atoms with Crippen molar-refractivity contribution in [3.05, 3.63) is 59.4 Å². The Hall–Kier alpha value is -2.16. The highest BCUT2D eigenvalue weighted by Gasteiger charge is 2.22. The number of ether oxygens (including phenoxy) is 1. The largest absolute Gasteiger partial charge is 0.462 e.